The zero-order valence-electron chi connectivity index (χ0n) is 9.13. The Kier molecular flexibility index (Phi) is 4.74. The van der Waals surface area contributed by atoms with Crippen molar-refractivity contribution in [3.63, 3.8) is 0 Å². The Balaban J connectivity index is 2.06. The van der Waals surface area contributed by atoms with Crippen LogP contribution in [0.5, 0.6) is 0 Å². The van der Waals surface area contributed by atoms with E-state index in [1.165, 1.54) is 38.8 Å². The maximum atomic E-state index is 5.91. The minimum absolute atomic E-state index is 0.438. The summed E-state index contributed by atoms with van der Waals surface area (Å²) in [5.41, 5.74) is 5.91. The van der Waals surface area contributed by atoms with Gasteiger partial charge in [-0.3, -0.25) is 0 Å². The van der Waals surface area contributed by atoms with E-state index in [1.54, 1.807) is 0 Å². The molecule has 1 rings (SSSR count). The predicted molar refractivity (Wildman–Crippen MR) is 57.7 cm³/mol. The van der Waals surface area contributed by atoms with Crippen molar-refractivity contribution in [2.24, 2.45) is 11.7 Å². The molecule has 0 radical (unpaired) electrons. The van der Waals surface area contributed by atoms with Gasteiger partial charge < -0.3 is 10.6 Å². The molecule has 2 heteroatoms. The number of hydrogen-bond donors (Lipinski definition) is 1. The molecule has 0 aliphatic carbocycles. The second-order valence-corrected chi connectivity index (χ2v) is 4.74. The SMILES string of the molecule is CC(C)CCCN1CCC[C@@H](N)C1. The third-order valence-corrected chi connectivity index (χ3v) is 2.80. The van der Waals surface area contributed by atoms with Crippen LogP contribution in [-0.2, 0) is 0 Å². The third kappa shape index (κ3) is 4.63. The van der Waals surface area contributed by atoms with E-state index in [-0.39, 0.29) is 0 Å². The first kappa shape index (κ1) is 11.0. The summed E-state index contributed by atoms with van der Waals surface area (Å²) in [5, 5.41) is 0. The Labute approximate surface area is 82.5 Å². The molecule has 78 valence electrons. The summed E-state index contributed by atoms with van der Waals surface area (Å²) >= 11 is 0. The lowest BCUT2D eigenvalue weighted by atomic mass is 10.0. The highest BCUT2D eigenvalue weighted by Gasteiger charge is 2.15. The van der Waals surface area contributed by atoms with Gasteiger partial charge >= 0.3 is 0 Å². The van der Waals surface area contributed by atoms with E-state index < -0.39 is 0 Å². The number of hydrogen-bond acceptors (Lipinski definition) is 2. The zero-order chi connectivity index (χ0) is 9.68. The van der Waals surface area contributed by atoms with Gasteiger partial charge in [-0.25, -0.2) is 0 Å². The molecule has 1 aliphatic rings. The number of nitrogens with two attached hydrogens (primary N) is 1. The highest BCUT2D eigenvalue weighted by Crippen LogP contribution is 2.10. The Hall–Kier alpha value is -0.0800. The first-order chi connectivity index (χ1) is 6.18. The highest BCUT2D eigenvalue weighted by atomic mass is 15.1. The van der Waals surface area contributed by atoms with E-state index in [0.29, 0.717) is 6.04 Å². The lowest BCUT2D eigenvalue weighted by Crippen LogP contribution is -2.43. The summed E-state index contributed by atoms with van der Waals surface area (Å²) in [6.07, 6.45) is 5.21. The van der Waals surface area contributed by atoms with Gasteiger partial charge in [-0.15, -0.1) is 0 Å². The Morgan fingerprint density at radius 2 is 2.23 bits per heavy atom. The topological polar surface area (TPSA) is 29.3 Å². The minimum Gasteiger partial charge on any atom is -0.327 e. The molecular formula is C11H24N2. The molecule has 0 amide bonds. The number of nitrogens with zero attached hydrogens (tertiary/aromatic N) is 1. The Morgan fingerprint density at radius 3 is 2.85 bits per heavy atom. The maximum Gasteiger partial charge on any atom is 0.0168 e. The van der Waals surface area contributed by atoms with E-state index in [9.17, 15) is 0 Å². The van der Waals surface area contributed by atoms with Crippen molar-refractivity contribution < 1.29 is 0 Å². The standard InChI is InChI=1S/C11H24N2/c1-10(2)5-3-7-13-8-4-6-11(12)9-13/h10-11H,3-9,12H2,1-2H3/t11-/m1/s1. The monoisotopic (exact) mass is 184 g/mol. The van der Waals surface area contributed by atoms with Crippen LogP contribution in [0.25, 0.3) is 0 Å². The smallest absolute Gasteiger partial charge is 0.0168 e. The Bertz CT molecular complexity index is 134. The summed E-state index contributed by atoms with van der Waals surface area (Å²) < 4.78 is 0. The van der Waals surface area contributed by atoms with Gasteiger partial charge in [0.25, 0.3) is 0 Å². The molecule has 0 bridgehead atoms. The molecule has 1 heterocycles. The van der Waals surface area contributed by atoms with E-state index in [2.05, 4.69) is 18.7 Å². The van der Waals surface area contributed by atoms with E-state index in [4.69, 9.17) is 5.73 Å². The van der Waals surface area contributed by atoms with Gasteiger partial charge in [-0.05, 0) is 44.7 Å². The van der Waals surface area contributed by atoms with Crippen LogP contribution in [0.1, 0.15) is 39.5 Å². The molecule has 13 heavy (non-hydrogen) atoms. The number of rotatable bonds is 4. The largest absolute Gasteiger partial charge is 0.327 e. The van der Waals surface area contributed by atoms with Gasteiger partial charge in [0.2, 0.25) is 0 Å². The molecule has 2 nitrogen and oxygen atoms in total. The number of piperidine rings is 1. The first-order valence-corrected chi connectivity index (χ1v) is 5.66. The van der Waals surface area contributed by atoms with Crippen LogP contribution in [-0.4, -0.2) is 30.6 Å². The summed E-state index contributed by atoms with van der Waals surface area (Å²) in [5.74, 6) is 0.846. The van der Waals surface area contributed by atoms with Crippen molar-refractivity contribution in [2.75, 3.05) is 19.6 Å². The van der Waals surface area contributed by atoms with Crippen molar-refractivity contribution in [1.82, 2.24) is 4.90 Å². The molecule has 2 N–H and O–H groups in total. The second kappa shape index (κ2) is 5.61. The van der Waals surface area contributed by atoms with Crippen LogP contribution >= 0.6 is 0 Å². The molecule has 0 aromatic heterocycles. The van der Waals surface area contributed by atoms with Crippen molar-refractivity contribution >= 4 is 0 Å². The molecule has 0 aromatic carbocycles. The van der Waals surface area contributed by atoms with Crippen LogP contribution in [0.3, 0.4) is 0 Å². The third-order valence-electron chi connectivity index (χ3n) is 2.80. The minimum atomic E-state index is 0.438. The summed E-state index contributed by atoms with van der Waals surface area (Å²) in [6, 6.07) is 0.438. The molecule has 1 fully saturated rings. The predicted octanol–water partition coefficient (Wildman–Crippen LogP) is 1.85. The van der Waals surface area contributed by atoms with Crippen LogP contribution in [0.4, 0.5) is 0 Å². The van der Waals surface area contributed by atoms with Gasteiger partial charge in [0.1, 0.15) is 0 Å². The molecule has 0 saturated carbocycles. The quantitative estimate of drug-likeness (QED) is 0.722. The van der Waals surface area contributed by atoms with Crippen molar-refractivity contribution in [2.45, 2.75) is 45.6 Å². The number of likely N-dealkylation sites (tertiary alicyclic amines) is 1. The van der Waals surface area contributed by atoms with Crippen molar-refractivity contribution in [3.05, 3.63) is 0 Å². The first-order valence-electron chi connectivity index (χ1n) is 5.66. The summed E-state index contributed by atoms with van der Waals surface area (Å²) in [4.78, 5) is 2.52. The summed E-state index contributed by atoms with van der Waals surface area (Å²) in [6.45, 7) is 8.24. The fourth-order valence-corrected chi connectivity index (χ4v) is 2.02. The van der Waals surface area contributed by atoms with E-state index >= 15 is 0 Å². The average Bonchev–Trinajstić information content (AvgIpc) is 2.03. The molecule has 0 unspecified atom stereocenters. The molecule has 0 aromatic rings. The van der Waals surface area contributed by atoms with Gasteiger partial charge in [-0.1, -0.05) is 13.8 Å². The lowest BCUT2D eigenvalue weighted by molar-refractivity contribution is 0.203. The molecule has 1 saturated heterocycles. The van der Waals surface area contributed by atoms with Gasteiger partial charge in [-0.2, -0.15) is 0 Å². The fraction of sp³-hybridized carbons (Fsp3) is 1.00. The van der Waals surface area contributed by atoms with Gasteiger partial charge in [0.05, 0.1) is 0 Å². The zero-order valence-corrected chi connectivity index (χ0v) is 9.13. The lowest BCUT2D eigenvalue weighted by Gasteiger charge is -2.30. The molecule has 0 spiro atoms. The average molecular weight is 184 g/mol. The maximum absolute atomic E-state index is 5.91. The normalized spacial score (nSPS) is 25.4. The molecule has 1 atom stereocenters. The van der Waals surface area contributed by atoms with Gasteiger partial charge in [0.15, 0.2) is 0 Å². The van der Waals surface area contributed by atoms with Crippen molar-refractivity contribution in [3.8, 4) is 0 Å². The van der Waals surface area contributed by atoms with Gasteiger partial charge in [0, 0.05) is 12.6 Å². The van der Waals surface area contributed by atoms with Crippen LogP contribution < -0.4 is 5.73 Å². The van der Waals surface area contributed by atoms with E-state index in [0.717, 1.165) is 12.5 Å². The molecular weight excluding hydrogens is 160 g/mol. The molecule has 1 aliphatic heterocycles. The van der Waals surface area contributed by atoms with E-state index in [1.807, 2.05) is 0 Å². The summed E-state index contributed by atoms with van der Waals surface area (Å²) in [7, 11) is 0. The Morgan fingerprint density at radius 1 is 1.46 bits per heavy atom. The van der Waals surface area contributed by atoms with Crippen LogP contribution in [0.2, 0.25) is 0 Å². The van der Waals surface area contributed by atoms with Crippen LogP contribution in [0, 0.1) is 5.92 Å². The highest BCUT2D eigenvalue weighted by molar-refractivity contribution is 4.74. The fourth-order valence-electron chi connectivity index (χ4n) is 2.02. The van der Waals surface area contributed by atoms with Crippen LogP contribution in [0.15, 0.2) is 0 Å². The van der Waals surface area contributed by atoms with Crippen molar-refractivity contribution in [1.29, 1.82) is 0 Å². The second-order valence-electron chi connectivity index (χ2n) is 4.74.